The maximum absolute atomic E-state index is 13.4. The zero-order valence-electron chi connectivity index (χ0n) is 17.7. The lowest BCUT2D eigenvalue weighted by Gasteiger charge is -2.12. The lowest BCUT2D eigenvalue weighted by Crippen LogP contribution is -2.14. The Morgan fingerprint density at radius 1 is 1.06 bits per heavy atom. The Labute approximate surface area is 182 Å². The van der Waals surface area contributed by atoms with E-state index < -0.39 is 0 Å². The van der Waals surface area contributed by atoms with Crippen LogP contribution >= 0.6 is 0 Å². The molecule has 0 spiro atoms. The van der Waals surface area contributed by atoms with E-state index in [4.69, 9.17) is 5.41 Å². The minimum Gasteiger partial charge on any atom is -0.303 e. The summed E-state index contributed by atoms with van der Waals surface area (Å²) in [4.78, 5) is 21.6. The summed E-state index contributed by atoms with van der Waals surface area (Å²) in [5.74, 6) is -0.328. The molecular weight excluding hydrogens is 389 g/mol. The number of pyridine rings is 2. The number of hydrogen-bond donors (Lipinski definition) is 1. The second kappa shape index (κ2) is 10.5. The van der Waals surface area contributed by atoms with Crippen molar-refractivity contribution in [3.63, 3.8) is 0 Å². The Morgan fingerprint density at radius 2 is 1.87 bits per heavy atom. The minimum atomic E-state index is -0.295. The number of aryl methyl sites for hydroxylation is 2. The molecular formula is C26H26FN3O. The summed E-state index contributed by atoms with van der Waals surface area (Å²) in [6.07, 6.45) is 6.24. The van der Waals surface area contributed by atoms with Crippen molar-refractivity contribution in [2.45, 2.75) is 39.0 Å². The molecule has 158 valence electrons. The molecule has 5 heteroatoms. The van der Waals surface area contributed by atoms with E-state index in [1.807, 2.05) is 25.1 Å². The number of allylic oxidation sites excluding steroid dienone is 1. The maximum Gasteiger partial charge on any atom is 0.165 e. The third-order valence-corrected chi connectivity index (χ3v) is 5.06. The van der Waals surface area contributed by atoms with Crippen molar-refractivity contribution in [2.24, 2.45) is 0 Å². The molecule has 2 heterocycles. The minimum absolute atomic E-state index is 0.0323. The highest BCUT2D eigenvalue weighted by molar-refractivity contribution is 6.08. The van der Waals surface area contributed by atoms with Crippen LogP contribution in [0.25, 0.3) is 5.57 Å². The topological polar surface area (TPSA) is 66.7 Å². The number of aromatic nitrogens is 2. The van der Waals surface area contributed by atoms with E-state index in [2.05, 4.69) is 16.5 Å². The van der Waals surface area contributed by atoms with Crippen LogP contribution in [-0.4, -0.2) is 21.5 Å². The van der Waals surface area contributed by atoms with Gasteiger partial charge in [-0.3, -0.25) is 9.78 Å². The Bertz CT molecular complexity index is 1090. The molecule has 3 rings (SSSR count). The second-order valence-corrected chi connectivity index (χ2v) is 7.62. The second-order valence-electron chi connectivity index (χ2n) is 7.62. The predicted octanol–water partition coefficient (Wildman–Crippen LogP) is 5.86. The highest BCUT2D eigenvalue weighted by Crippen LogP contribution is 2.19. The molecule has 1 aromatic carbocycles. The summed E-state index contributed by atoms with van der Waals surface area (Å²) in [5, 5.41) is 8.57. The molecule has 0 bridgehead atoms. The first kappa shape index (κ1) is 22.2. The molecule has 0 fully saturated rings. The standard InChI is InChI=1S/C26H26FN3O/c1-18(2)24-14-12-22(25(31)10-4-7-20-8-5-15-29-17-20)26(30-24)23(28)13-11-19-6-3-9-21(27)16-19/h3,5-6,8-9,12,14-17,28H,1,4,7,10-11,13H2,2H3. The highest BCUT2D eigenvalue weighted by Gasteiger charge is 2.17. The lowest BCUT2D eigenvalue weighted by molar-refractivity contribution is 0.0979. The van der Waals surface area contributed by atoms with Crippen molar-refractivity contribution in [1.29, 1.82) is 5.41 Å². The first-order valence-corrected chi connectivity index (χ1v) is 10.4. The number of Topliss-reactive ketones (excluding diaryl/α,β-unsaturated/α-hetero) is 1. The van der Waals surface area contributed by atoms with Gasteiger partial charge < -0.3 is 5.41 Å². The van der Waals surface area contributed by atoms with Crippen molar-refractivity contribution in [3.8, 4) is 0 Å². The first-order chi connectivity index (χ1) is 14.9. The SMILES string of the molecule is C=C(C)c1ccc(C(=O)CCCc2cccnc2)c(C(=N)CCc2cccc(F)c2)n1. The molecule has 0 aliphatic rings. The van der Waals surface area contributed by atoms with Gasteiger partial charge in [-0.25, -0.2) is 9.37 Å². The van der Waals surface area contributed by atoms with E-state index in [1.165, 1.54) is 12.1 Å². The molecule has 31 heavy (non-hydrogen) atoms. The summed E-state index contributed by atoms with van der Waals surface area (Å²) < 4.78 is 13.4. The smallest absolute Gasteiger partial charge is 0.165 e. The summed E-state index contributed by atoms with van der Waals surface area (Å²) in [6.45, 7) is 5.77. The van der Waals surface area contributed by atoms with Crippen LogP contribution in [0.1, 0.15) is 59.1 Å². The third kappa shape index (κ3) is 6.25. The van der Waals surface area contributed by atoms with Gasteiger partial charge in [0.25, 0.3) is 0 Å². The average Bonchev–Trinajstić information content (AvgIpc) is 2.77. The van der Waals surface area contributed by atoms with E-state index in [1.54, 1.807) is 30.6 Å². The zero-order valence-corrected chi connectivity index (χ0v) is 17.7. The van der Waals surface area contributed by atoms with Crippen molar-refractivity contribution < 1.29 is 9.18 Å². The number of hydrogen-bond acceptors (Lipinski definition) is 4. The molecule has 4 nitrogen and oxygen atoms in total. The highest BCUT2D eigenvalue weighted by atomic mass is 19.1. The van der Waals surface area contributed by atoms with Gasteiger partial charge in [-0.2, -0.15) is 0 Å². The number of rotatable bonds is 10. The van der Waals surface area contributed by atoms with Crippen LogP contribution in [0.15, 0.2) is 67.5 Å². The predicted molar refractivity (Wildman–Crippen MR) is 122 cm³/mol. The van der Waals surface area contributed by atoms with Crippen LogP contribution < -0.4 is 0 Å². The van der Waals surface area contributed by atoms with Gasteiger partial charge >= 0.3 is 0 Å². The monoisotopic (exact) mass is 415 g/mol. The van der Waals surface area contributed by atoms with Gasteiger partial charge in [0.15, 0.2) is 5.78 Å². The molecule has 1 N–H and O–H groups in total. The van der Waals surface area contributed by atoms with E-state index in [9.17, 15) is 9.18 Å². The quantitative estimate of drug-likeness (QED) is 0.333. The van der Waals surface area contributed by atoms with Crippen molar-refractivity contribution in [3.05, 3.63) is 101 Å². The van der Waals surface area contributed by atoms with Gasteiger partial charge in [-0.05, 0) is 79.6 Å². The maximum atomic E-state index is 13.4. The zero-order chi connectivity index (χ0) is 22.2. The number of ketones is 1. The summed E-state index contributed by atoms with van der Waals surface area (Å²) in [6, 6.07) is 13.8. The van der Waals surface area contributed by atoms with Gasteiger partial charge in [0.1, 0.15) is 5.82 Å². The number of carbonyl (C=O) groups excluding carboxylic acids is 1. The Kier molecular flexibility index (Phi) is 7.55. The summed E-state index contributed by atoms with van der Waals surface area (Å²) in [7, 11) is 0. The summed E-state index contributed by atoms with van der Waals surface area (Å²) in [5.41, 5.74) is 4.46. The number of nitrogens with one attached hydrogen (secondary N) is 1. The third-order valence-electron chi connectivity index (χ3n) is 5.06. The van der Waals surface area contributed by atoms with Crippen molar-refractivity contribution >= 4 is 17.1 Å². The molecule has 3 aromatic rings. The van der Waals surface area contributed by atoms with Crippen LogP contribution in [0, 0.1) is 11.2 Å². The van der Waals surface area contributed by atoms with E-state index >= 15 is 0 Å². The molecule has 0 amide bonds. The largest absolute Gasteiger partial charge is 0.303 e. The van der Waals surface area contributed by atoms with Gasteiger partial charge in [-0.15, -0.1) is 0 Å². The Balaban J connectivity index is 1.73. The van der Waals surface area contributed by atoms with Crippen molar-refractivity contribution in [1.82, 2.24) is 9.97 Å². The average molecular weight is 416 g/mol. The van der Waals surface area contributed by atoms with Crippen LogP contribution in [0.2, 0.25) is 0 Å². The normalized spacial score (nSPS) is 10.6. The molecule has 0 aliphatic carbocycles. The lowest BCUT2D eigenvalue weighted by atomic mass is 9.96. The number of nitrogens with zero attached hydrogens (tertiary/aromatic N) is 2. The fraction of sp³-hybridized carbons (Fsp3) is 0.231. The molecule has 0 atom stereocenters. The Morgan fingerprint density at radius 3 is 2.58 bits per heavy atom. The van der Waals surface area contributed by atoms with Gasteiger partial charge in [-0.1, -0.05) is 24.8 Å². The summed E-state index contributed by atoms with van der Waals surface area (Å²) >= 11 is 0. The van der Waals surface area contributed by atoms with Crippen LogP contribution in [0.5, 0.6) is 0 Å². The van der Waals surface area contributed by atoms with Gasteiger partial charge in [0, 0.05) is 24.4 Å². The Hall–Kier alpha value is -3.47. The number of halogens is 1. The molecule has 0 saturated heterocycles. The van der Waals surface area contributed by atoms with Crippen LogP contribution in [-0.2, 0) is 12.8 Å². The van der Waals surface area contributed by atoms with E-state index in [0.717, 1.165) is 23.1 Å². The molecule has 0 aliphatic heterocycles. The van der Waals surface area contributed by atoms with Gasteiger partial charge in [0.2, 0.25) is 0 Å². The first-order valence-electron chi connectivity index (χ1n) is 10.4. The van der Waals surface area contributed by atoms with Crippen molar-refractivity contribution in [2.75, 3.05) is 0 Å². The fourth-order valence-corrected chi connectivity index (χ4v) is 3.37. The molecule has 0 radical (unpaired) electrons. The fourth-order valence-electron chi connectivity index (χ4n) is 3.37. The number of benzene rings is 1. The van der Waals surface area contributed by atoms with Crippen LogP contribution in [0.3, 0.4) is 0 Å². The van der Waals surface area contributed by atoms with Crippen LogP contribution in [0.4, 0.5) is 4.39 Å². The molecule has 2 aromatic heterocycles. The number of carbonyl (C=O) groups is 1. The van der Waals surface area contributed by atoms with E-state index in [0.29, 0.717) is 42.6 Å². The van der Waals surface area contributed by atoms with E-state index in [-0.39, 0.29) is 17.3 Å². The molecule has 0 unspecified atom stereocenters. The molecule has 0 saturated carbocycles. The van der Waals surface area contributed by atoms with Gasteiger partial charge in [0.05, 0.1) is 17.1 Å².